The van der Waals surface area contributed by atoms with Crippen LogP contribution in [0.4, 0.5) is 18.9 Å². The number of alkyl halides is 3. The zero-order valence-electron chi connectivity index (χ0n) is 19.8. The molecule has 3 saturated heterocycles. The topological polar surface area (TPSA) is 111 Å². The van der Waals surface area contributed by atoms with Gasteiger partial charge in [0.25, 0.3) is 0 Å². The summed E-state index contributed by atoms with van der Waals surface area (Å²) < 4.78 is 31.7. The van der Waals surface area contributed by atoms with E-state index in [1.807, 2.05) is 12.1 Å². The monoisotopic (exact) mass is 559 g/mol. The molecule has 4 aliphatic rings. The third-order valence-corrected chi connectivity index (χ3v) is 8.78. The Kier molecular flexibility index (Phi) is 7.05. The molecule has 9 nitrogen and oxygen atoms in total. The number of piperazine rings is 1. The lowest BCUT2D eigenvalue weighted by Gasteiger charge is -2.46. The summed E-state index contributed by atoms with van der Waals surface area (Å²) in [5.41, 5.74) is 9.23. The van der Waals surface area contributed by atoms with E-state index in [9.17, 15) is 13.2 Å². The average Bonchev–Trinajstić information content (AvgIpc) is 3.27. The molecule has 0 amide bonds. The van der Waals surface area contributed by atoms with Crippen molar-refractivity contribution in [2.24, 2.45) is 5.73 Å². The van der Waals surface area contributed by atoms with Crippen LogP contribution in [0.3, 0.4) is 0 Å². The molecule has 0 aliphatic carbocycles. The predicted octanol–water partition coefficient (Wildman–Crippen LogP) is 2.81. The number of benzene rings is 1. The normalized spacial score (nSPS) is 28.8. The highest BCUT2D eigenvalue weighted by atomic mass is 35.5. The number of thiol groups is 1. The Bertz CT molecular complexity index is 1170. The molecule has 6 rings (SSSR count). The van der Waals surface area contributed by atoms with Gasteiger partial charge in [0.1, 0.15) is 17.7 Å². The number of carbonyl (C=O) groups is 1. The van der Waals surface area contributed by atoms with Crippen LogP contribution in [0.1, 0.15) is 24.2 Å². The highest BCUT2D eigenvalue weighted by Crippen LogP contribution is 2.62. The van der Waals surface area contributed by atoms with Crippen LogP contribution >= 0.6 is 23.4 Å². The second-order valence-corrected chi connectivity index (χ2v) is 10.9. The number of carboxylic acids is 1. The van der Waals surface area contributed by atoms with Crippen molar-refractivity contribution < 1.29 is 27.9 Å². The second kappa shape index (κ2) is 9.86. The third-order valence-electron chi connectivity index (χ3n) is 7.30. The quantitative estimate of drug-likeness (QED) is 0.385. The second-order valence-electron chi connectivity index (χ2n) is 9.26. The van der Waals surface area contributed by atoms with Crippen molar-refractivity contribution in [3.05, 3.63) is 47.0 Å². The zero-order chi connectivity index (χ0) is 26.4. The van der Waals surface area contributed by atoms with Gasteiger partial charge in [-0.1, -0.05) is 11.6 Å². The van der Waals surface area contributed by atoms with Gasteiger partial charge < -0.3 is 15.7 Å². The first kappa shape index (κ1) is 26.4. The van der Waals surface area contributed by atoms with Crippen LogP contribution in [0.2, 0.25) is 5.02 Å². The molecule has 3 atom stereocenters. The van der Waals surface area contributed by atoms with Crippen molar-refractivity contribution in [2.75, 3.05) is 43.4 Å². The Hall–Kier alpha value is -2.16. The van der Waals surface area contributed by atoms with E-state index in [-0.39, 0.29) is 5.66 Å². The fraction of sp³-hybridized carbons (Fsp3) is 0.522. The molecule has 37 heavy (non-hydrogen) atoms. The first-order valence-electron chi connectivity index (χ1n) is 11.9. The maximum Gasteiger partial charge on any atom is 0.490 e. The Labute approximate surface area is 220 Å². The van der Waals surface area contributed by atoms with Crippen LogP contribution in [0.25, 0.3) is 0 Å². The van der Waals surface area contributed by atoms with Gasteiger partial charge in [-0.3, -0.25) is 9.74 Å². The van der Waals surface area contributed by atoms with Crippen LogP contribution in [0.15, 0.2) is 35.5 Å². The molecular formula is C23H27ClF3N6O3S. The van der Waals surface area contributed by atoms with E-state index < -0.39 is 17.9 Å². The van der Waals surface area contributed by atoms with E-state index in [4.69, 9.17) is 32.1 Å². The molecule has 3 fully saturated rings. The van der Waals surface area contributed by atoms with Crippen LogP contribution < -0.4 is 10.6 Å². The fourth-order valence-corrected chi connectivity index (χ4v) is 6.79. The SMILES string of the molecule is NCC1(N2CCN(c3ccc(Cl)cc3)CC2)CC[C@@]2(c3ncnc4c3[SH]CC4)ON12.O=C(O)C(F)(F)F. The Morgan fingerprint density at radius 1 is 1.16 bits per heavy atom. The molecule has 2 aromatic rings. The molecule has 4 aliphatic heterocycles. The van der Waals surface area contributed by atoms with Crippen molar-refractivity contribution in [2.45, 2.75) is 41.7 Å². The highest BCUT2D eigenvalue weighted by Gasteiger charge is 2.73. The minimum Gasteiger partial charge on any atom is -0.475 e. The smallest absolute Gasteiger partial charge is 0.475 e. The van der Waals surface area contributed by atoms with Gasteiger partial charge in [-0.2, -0.15) is 24.9 Å². The summed E-state index contributed by atoms with van der Waals surface area (Å²) in [7, 11) is 0. The van der Waals surface area contributed by atoms with Crippen molar-refractivity contribution in [3.63, 3.8) is 0 Å². The van der Waals surface area contributed by atoms with E-state index >= 15 is 0 Å². The molecular weight excluding hydrogens is 533 g/mol. The summed E-state index contributed by atoms with van der Waals surface area (Å²) >= 11 is 7.37. The van der Waals surface area contributed by atoms with Gasteiger partial charge in [-0.25, -0.2) is 14.8 Å². The molecule has 5 heterocycles. The van der Waals surface area contributed by atoms with Crippen molar-refractivity contribution >= 4 is 35.0 Å². The molecule has 1 aromatic carbocycles. The van der Waals surface area contributed by atoms with Crippen molar-refractivity contribution in [3.8, 4) is 0 Å². The number of aliphatic carboxylic acids is 1. The van der Waals surface area contributed by atoms with Crippen molar-refractivity contribution in [1.29, 1.82) is 0 Å². The summed E-state index contributed by atoms with van der Waals surface area (Å²) in [6, 6.07) is 8.11. The number of hydroxylamine groups is 2. The Morgan fingerprint density at radius 2 is 1.84 bits per heavy atom. The molecule has 2 unspecified atom stereocenters. The van der Waals surface area contributed by atoms with Gasteiger partial charge in [0.05, 0.1) is 5.69 Å². The van der Waals surface area contributed by atoms with E-state index in [0.29, 0.717) is 6.54 Å². The Balaban J connectivity index is 0.000000355. The largest absolute Gasteiger partial charge is 0.490 e. The van der Waals surface area contributed by atoms with Crippen LogP contribution in [-0.2, 0) is 21.8 Å². The molecule has 0 bridgehead atoms. The summed E-state index contributed by atoms with van der Waals surface area (Å²) in [6.07, 6.45) is -0.408. The number of hydrogen-bond acceptors (Lipinski definition) is 8. The lowest BCUT2D eigenvalue weighted by Crippen LogP contribution is -2.63. The van der Waals surface area contributed by atoms with Gasteiger partial charge in [-0.05, 0) is 42.9 Å². The first-order chi connectivity index (χ1) is 17.6. The number of aryl methyl sites for hydroxylation is 1. The van der Waals surface area contributed by atoms with Crippen LogP contribution in [0.5, 0.6) is 0 Å². The zero-order valence-corrected chi connectivity index (χ0v) is 21.4. The molecule has 201 valence electrons. The number of carboxylic acid groups (broad SMARTS) is 1. The van der Waals surface area contributed by atoms with Crippen molar-refractivity contribution in [1.82, 2.24) is 19.9 Å². The minimum absolute atomic E-state index is 0.251. The maximum atomic E-state index is 10.6. The summed E-state index contributed by atoms with van der Waals surface area (Å²) in [6.45, 7) is 4.39. The number of fused-ring (bicyclic) bond motifs is 2. The first-order valence-corrected chi connectivity index (χ1v) is 13.3. The van der Waals surface area contributed by atoms with E-state index in [1.165, 1.54) is 28.0 Å². The number of anilines is 1. The number of aromatic nitrogens is 2. The standard InChI is InChI=1S/C21H26ClN6OS.C2HF3O2/c22-15-1-3-16(4-2-15)26-8-10-27(11-9-26)20(13-23)6-7-21(28(20)29-21)19-18-17(5-12-30-18)24-14-25-19;3-2(4,5)1(6)7/h1-4,14,30H,5-13,23H2;(H,6,7)/t20?,21-,28?;/m0./s1. The third kappa shape index (κ3) is 4.77. The fourth-order valence-electron chi connectivity index (χ4n) is 5.39. The highest BCUT2D eigenvalue weighted by molar-refractivity contribution is 7.99. The van der Waals surface area contributed by atoms with Gasteiger partial charge >= 0.3 is 12.1 Å². The average molecular weight is 560 g/mol. The van der Waals surface area contributed by atoms with Gasteiger partial charge in [0, 0.05) is 54.8 Å². The number of halogens is 4. The van der Waals surface area contributed by atoms with Gasteiger partial charge in [0.15, 0.2) is 0 Å². The number of nitrogens with zero attached hydrogens (tertiary/aromatic N) is 5. The summed E-state index contributed by atoms with van der Waals surface area (Å²) in [4.78, 5) is 30.6. The molecule has 3 N–H and O–H groups in total. The maximum absolute atomic E-state index is 10.6. The van der Waals surface area contributed by atoms with E-state index in [1.54, 1.807) is 6.33 Å². The van der Waals surface area contributed by atoms with Gasteiger partial charge in [-0.15, -0.1) is 5.06 Å². The molecule has 1 aromatic heterocycles. The molecule has 1 radical (unpaired) electrons. The minimum atomic E-state index is -5.08. The molecule has 0 spiro atoms. The predicted molar refractivity (Wildman–Crippen MR) is 132 cm³/mol. The van der Waals surface area contributed by atoms with E-state index in [2.05, 4.69) is 37.0 Å². The van der Waals surface area contributed by atoms with Crippen LogP contribution in [-0.4, -0.2) is 81.3 Å². The van der Waals surface area contributed by atoms with Gasteiger partial charge in [0.2, 0.25) is 5.72 Å². The lowest BCUT2D eigenvalue weighted by atomic mass is 10.0. The lowest BCUT2D eigenvalue weighted by molar-refractivity contribution is -0.192. The number of rotatable bonds is 4. The summed E-state index contributed by atoms with van der Waals surface area (Å²) in [5, 5.41) is 10.1. The summed E-state index contributed by atoms with van der Waals surface area (Å²) in [5.74, 6) is -1.63. The number of hydrogen-bond donors (Lipinski definition) is 3. The Morgan fingerprint density at radius 3 is 2.43 bits per heavy atom. The number of nitrogens with two attached hydrogens (primary N) is 1. The molecule has 14 heteroatoms. The van der Waals surface area contributed by atoms with E-state index in [0.717, 1.165) is 61.9 Å². The van der Waals surface area contributed by atoms with Crippen LogP contribution in [0, 0.1) is 0 Å². The molecule has 0 saturated carbocycles.